The zero-order valence-electron chi connectivity index (χ0n) is 4.63. The van der Waals surface area contributed by atoms with Crippen molar-refractivity contribution in [3.8, 4) is 0 Å². The summed E-state index contributed by atoms with van der Waals surface area (Å²) in [5, 5.41) is -0.528. The second-order valence-electron chi connectivity index (χ2n) is 1.32. The van der Waals surface area contributed by atoms with Gasteiger partial charge in [-0.25, -0.2) is 4.39 Å². The van der Waals surface area contributed by atoms with Gasteiger partial charge >= 0.3 is 0 Å². The summed E-state index contributed by atoms with van der Waals surface area (Å²) in [6.07, 6.45) is 0. The van der Waals surface area contributed by atoms with Gasteiger partial charge in [0.05, 0.1) is 5.25 Å². The number of alkyl halides is 1. The Labute approximate surface area is 53.4 Å². The lowest BCUT2D eigenvalue weighted by Crippen LogP contribution is -2.25. The van der Waals surface area contributed by atoms with Gasteiger partial charge in [-0.15, -0.1) is 0 Å². The van der Waals surface area contributed by atoms with Crippen molar-refractivity contribution in [2.45, 2.75) is 5.25 Å². The van der Waals surface area contributed by atoms with Crippen LogP contribution in [0.2, 0.25) is 0 Å². The topological polar surface area (TPSA) is 38.4 Å². The second kappa shape index (κ2) is 3.72. The van der Waals surface area contributed by atoms with E-state index in [0.717, 1.165) is 0 Å². The van der Waals surface area contributed by atoms with Gasteiger partial charge in [0.2, 0.25) is 0 Å². The molecule has 0 heterocycles. The number of thiol groups is 1. The highest BCUT2D eigenvalue weighted by Crippen LogP contribution is 1.93. The van der Waals surface area contributed by atoms with Gasteiger partial charge in [-0.2, -0.15) is 12.6 Å². The molecule has 0 saturated carbocycles. The fourth-order valence-corrected chi connectivity index (χ4v) is 0.344. The predicted molar refractivity (Wildman–Crippen MR) is 36.3 cm³/mol. The molecule has 1 atom stereocenters. The average molecular weight is 136 g/mol. The van der Waals surface area contributed by atoms with E-state index >= 15 is 0 Å². The molecule has 0 aromatic heterocycles. The van der Waals surface area contributed by atoms with Crippen molar-refractivity contribution >= 4 is 18.5 Å². The summed E-state index contributed by atoms with van der Waals surface area (Å²) in [4.78, 5) is 3.54. The third kappa shape index (κ3) is 2.16. The quantitative estimate of drug-likeness (QED) is 0.318. The van der Waals surface area contributed by atoms with Crippen LogP contribution in [0.25, 0.3) is 0 Å². The van der Waals surface area contributed by atoms with Crippen molar-refractivity contribution < 1.29 is 4.39 Å². The van der Waals surface area contributed by atoms with Crippen molar-refractivity contribution in [2.24, 2.45) is 10.7 Å². The van der Waals surface area contributed by atoms with Crippen LogP contribution in [0.5, 0.6) is 0 Å². The molecule has 0 aromatic rings. The highest BCUT2D eigenvalue weighted by molar-refractivity contribution is 7.81. The standard InChI is InChI=1S/C4H9FN2S/c1-7-4(6)3(8)2-5/h3,8H,2H2,1H3,(H2,6,7). The van der Waals surface area contributed by atoms with E-state index in [9.17, 15) is 4.39 Å². The second-order valence-corrected chi connectivity index (χ2v) is 1.94. The molecule has 0 radical (unpaired) electrons. The SMILES string of the molecule is CN=C(N)C(S)CF. The average Bonchev–Trinajstić information content (AvgIpc) is 1.84. The van der Waals surface area contributed by atoms with Crippen LogP contribution in [0.15, 0.2) is 4.99 Å². The van der Waals surface area contributed by atoms with E-state index in [1.54, 1.807) is 0 Å². The first-order valence-corrected chi connectivity index (χ1v) is 2.70. The molecule has 1 unspecified atom stereocenters. The van der Waals surface area contributed by atoms with E-state index < -0.39 is 11.9 Å². The summed E-state index contributed by atoms with van der Waals surface area (Å²) < 4.78 is 11.6. The first-order valence-electron chi connectivity index (χ1n) is 2.18. The minimum Gasteiger partial charge on any atom is -0.386 e. The summed E-state index contributed by atoms with van der Waals surface area (Å²) in [5.74, 6) is 0.246. The molecule has 2 nitrogen and oxygen atoms in total. The van der Waals surface area contributed by atoms with Crippen LogP contribution in [-0.4, -0.2) is 24.8 Å². The number of hydrogen-bond donors (Lipinski definition) is 2. The lowest BCUT2D eigenvalue weighted by molar-refractivity contribution is 0.514. The van der Waals surface area contributed by atoms with E-state index in [-0.39, 0.29) is 5.84 Å². The van der Waals surface area contributed by atoms with Crippen molar-refractivity contribution in [1.29, 1.82) is 0 Å². The lowest BCUT2D eigenvalue weighted by Gasteiger charge is -2.01. The van der Waals surface area contributed by atoms with Crippen LogP contribution < -0.4 is 5.73 Å². The Morgan fingerprint density at radius 1 is 2.00 bits per heavy atom. The smallest absolute Gasteiger partial charge is 0.109 e. The lowest BCUT2D eigenvalue weighted by atomic mass is 10.4. The maximum Gasteiger partial charge on any atom is 0.109 e. The Kier molecular flexibility index (Phi) is 3.60. The molecule has 4 heteroatoms. The highest BCUT2D eigenvalue weighted by Gasteiger charge is 2.03. The molecular formula is C4H9FN2S. The van der Waals surface area contributed by atoms with Crippen LogP contribution >= 0.6 is 12.6 Å². The largest absolute Gasteiger partial charge is 0.386 e. The Bertz CT molecular complexity index is 94.0. The fraction of sp³-hybridized carbons (Fsp3) is 0.750. The summed E-state index contributed by atoms with van der Waals surface area (Å²) in [5.41, 5.74) is 5.16. The van der Waals surface area contributed by atoms with Crippen LogP contribution in [0.1, 0.15) is 0 Å². The third-order valence-corrected chi connectivity index (χ3v) is 1.15. The van der Waals surface area contributed by atoms with E-state index in [1.165, 1.54) is 7.05 Å². The van der Waals surface area contributed by atoms with Gasteiger partial charge in [0.25, 0.3) is 0 Å². The minimum atomic E-state index is -0.563. The summed E-state index contributed by atoms with van der Waals surface area (Å²) in [7, 11) is 1.51. The Morgan fingerprint density at radius 3 is 2.62 bits per heavy atom. The minimum absolute atomic E-state index is 0.246. The molecule has 2 N–H and O–H groups in total. The van der Waals surface area contributed by atoms with Crippen molar-refractivity contribution in [1.82, 2.24) is 0 Å². The summed E-state index contributed by atoms with van der Waals surface area (Å²) >= 11 is 3.77. The number of aliphatic imine (C=N–C) groups is 1. The molecular weight excluding hydrogens is 127 g/mol. The molecule has 0 spiro atoms. The molecule has 0 bridgehead atoms. The van der Waals surface area contributed by atoms with Crippen LogP contribution in [0.4, 0.5) is 4.39 Å². The van der Waals surface area contributed by atoms with E-state index in [1.807, 2.05) is 0 Å². The molecule has 8 heavy (non-hydrogen) atoms. The predicted octanol–water partition coefficient (Wildman–Crippen LogP) is 0.241. The number of halogens is 1. The Hall–Kier alpha value is -0.250. The highest BCUT2D eigenvalue weighted by atomic mass is 32.1. The molecule has 0 amide bonds. The summed E-state index contributed by atoms with van der Waals surface area (Å²) in [6.45, 7) is -0.563. The van der Waals surface area contributed by atoms with Gasteiger partial charge in [-0.05, 0) is 0 Å². The monoisotopic (exact) mass is 136 g/mol. The molecule has 0 fully saturated rings. The van der Waals surface area contributed by atoms with Crippen LogP contribution in [0, 0.1) is 0 Å². The number of nitrogens with zero attached hydrogens (tertiary/aromatic N) is 1. The molecule has 0 aliphatic heterocycles. The van der Waals surface area contributed by atoms with Crippen molar-refractivity contribution in [3.63, 3.8) is 0 Å². The fourth-order valence-electron chi connectivity index (χ4n) is 0.228. The number of rotatable bonds is 2. The maximum absolute atomic E-state index is 11.6. The van der Waals surface area contributed by atoms with E-state index in [0.29, 0.717) is 0 Å². The number of hydrogen-bond acceptors (Lipinski definition) is 2. The van der Waals surface area contributed by atoms with Gasteiger partial charge in [0.15, 0.2) is 0 Å². The number of amidine groups is 1. The Morgan fingerprint density at radius 2 is 2.50 bits per heavy atom. The zero-order valence-corrected chi connectivity index (χ0v) is 5.53. The van der Waals surface area contributed by atoms with Gasteiger partial charge < -0.3 is 5.73 Å². The maximum atomic E-state index is 11.6. The van der Waals surface area contributed by atoms with Crippen molar-refractivity contribution in [2.75, 3.05) is 13.7 Å². The van der Waals surface area contributed by atoms with E-state index in [4.69, 9.17) is 5.73 Å². The molecule has 0 aliphatic rings. The van der Waals surface area contributed by atoms with Gasteiger partial charge in [0.1, 0.15) is 12.5 Å². The van der Waals surface area contributed by atoms with Gasteiger partial charge in [0, 0.05) is 7.05 Å². The van der Waals surface area contributed by atoms with E-state index in [2.05, 4.69) is 17.6 Å². The molecule has 0 saturated heterocycles. The molecule has 0 aromatic carbocycles. The van der Waals surface area contributed by atoms with Gasteiger partial charge in [-0.1, -0.05) is 0 Å². The van der Waals surface area contributed by atoms with Crippen LogP contribution in [-0.2, 0) is 0 Å². The van der Waals surface area contributed by atoms with Crippen LogP contribution in [0.3, 0.4) is 0 Å². The third-order valence-electron chi connectivity index (χ3n) is 0.746. The summed E-state index contributed by atoms with van der Waals surface area (Å²) in [6, 6.07) is 0. The van der Waals surface area contributed by atoms with Crippen molar-refractivity contribution in [3.05, 3.63) is 0 Å². The van der Waals surface area contributed by atoms with Gasteiger partial charge in [-0.3, -0.25) is 4.99 Å². The zero-order chi connectivity index (χ0) is 6.57. The number of nitrogens with two attached hydrogens (primary N) is 1. The Balaban J connectivity index is 3.63. The molecule has 0 aliphatic carbocycles. The first kappa shape index (κ1) is 7.75. The molecule has 0 rings (SSSR count). The first-order chi connectivity index (χ1) is 3.72. The normalized spacial score (nSPS) is 16.1. The molecule has 48 valence electrons.